The first kappa shape index (κ1) is 25.8. The van der Waals surface area contributed by atoms with Crippen molar-refractivity contribution in [1.29, 1.82) is 0 Å². The van der Waals surface area contributed by atoms with E-state index in [0.29, 0.717) is 29.9 Å². The molecule has 1 aliphatic carbocycles. The zero-order chi connectivity index (χ0) is 26.9. The van der Waals surface area contributed by atoms with Gasteiger partial charge in [0, 0.05) is 34.8 Å². The molecule has 2 atom stereocenters. The number of hydrogen-bond donors (Lipinski definition) is 2. The van der Waals surface area contributed by atoms with Crippen molar-refractivity contribution in [3.05, 3.63) is 65.4 Å². The van der Waals surface area contributed by atoms with E-state index in [0.717, 1.165) is 18.5 Å². The van der Waals surface area contributed by atoms with Crippen molar-refractivity contribution >= 4 is 11.5 Å². The van der Waals surface area contributed by atoms with Crippen molar-refractivity contribution < 1.29 is 36.8 Å². The van der Waals surface area contributed by atoms with E-state index in [1.807, 2.05) is 4.90 Å². The first-order valence-electron chi connectivity index (χ1n) is 12.2. The number of nitrogens with two attached hydrogens (primary N) is 1. The summed E-state index contributed by atoms with van der Waals surface area (Å²) in [6.45, 7) is 0.578. The largest absolute Gasteiger partial charge is 0.573 e. The Hall–Kier alpha value is -3.80. The number of ether oxygens (including phenoxy) is 2. The number of rotatable bonds is 8. The maximum Gasteiger partial charge on any atom is 0.573 e. The van der Waals surface area contributed by atoms with Gasteiger partial charge in [-0.3, -0.25) is 0 Å². The second-order valence-corrected chi connectivity index (χ2v) is 9.32. The van der Waals surface area contributed by atoms with Crippen molar-refractivity contribution in [1.82, 2.24) is 5.16 Å². The molecule has 2 heterocycles. The SMILES string of the molecule is NC(=NO)c1ccc(N2CC[C@H](OCc3c(-c4ccccc4OC(F)(F)F)noc3C3CC3)[C@@H](F)C2)cc1. The van der Waals surface area contributed by atoms with Crippen LogP contribution in [0.15, 0.2) is 58.2 Å². The number of para-hydroxylation sites is 1. The van der Waals surface area contributed by atoms with E-state index in [1.165, 1.54) is 18.2 Å². The van der Waals surface area contributed by atoms with Gasteiger partial charge in [-0.05, 0) is 55.7 Å². The molecule has 3 N–H and O–H groups in total. The molecule has 0 bridgehead atoms. The minimum Gasteiger partial charge on any atom is -0.409 e. The summed E-state index contributed by atoms with van der Waals surface area (Å²) in [7, 11) is 0. The third-order valence-corrected chi connectivity index (χ3v) is 6.69. The fourth-order valence-electron chi connectivity index (χ4n) is 4.61. The van der Waals surface area contributed by atoms with Crippen LogP contribution in [0.2, 0.25) is 0 Å². The molecule has 5 rings (SSSR count). The summed E-state index contributed by atoms with van der Waals surface area (Å²) in [4.78, 5) is 1.88. The highest BCUT2D eigenvalue weighted by Gasteiger charge is 2.37. The maximum absolute atomic E-state index is 15.2. The topological polar surface area (TPSA) is 106 Å². The predicted molar refractivity (Wildman–Crippen MR) is 130 cm³/mol. The number of amidine groups is 1. The molecule has 3 aromatic rings. The zero-order valence-corrected chi connectivity index (χ0v) is 20.2. The smallest absolute Gasteiger partial charge is 0.409 e. The molecular weight excluding hydrogens is 508 g/mol. The number of anilines is 1. The molecule has 2 aliphatic rings. The number of alkyl halides is 4. The van der Waals surface area contributed by atoms with Crippen molar-refractivity contribution in [3.63, 3.8) is 0 Å². The Kier molecular flexibility index (Phi) is 7.15. The fourth-order valence-corrected chi connectivity index (χ4v) is 4.61. The van der Waals surface area contributed by atoms with Crippen LogP contribution in [0.3, 0.4) is 0 Å². The lowest BCUT2D eigenvalue weighted by atomic mass is 10.0. The van der Waals surface area contributed by atoms with Crippen LogP contribution in [-0.2, 0) is 11.3 Å². The maximum atomic E-state index is 15.2. The number of hydrogen-bond acceptors (Lipinski definition) is 7. The summed E-state index contributed by atoms with van der Waals surface area (Å²) >= 11 is 0. The van der Waals surface area contributed by atoms with Gasteiger partial charge < -0.3 is 29.8 Å². The quantitative estimate of drug-likeness (QED) is 0.132. The Morgan fingerprint density at radius 1 is 1.13 bits per heavy atom. The average molecular weight is 535 g/mol. The van der Waals surface area contributed by atoms with Crippen molar-refractivity contribution in [3.8, 4) is 17.0 Å². The van der Waals surface area contributed by atoms with Gasteiger partial charge in [0.25, 0.3) is 0 Å². The molecule has 1 aliphatic heterocycles. The molecule has 2 aromatic carbocycles. The summed E-state index contributed by atoms with van der Waals surface area (Å²) in [6, 6.07) is 12.6. The monoisotopic (exact) mass is 534 g/mol. The van der Waals surface area contributed by atoms with Gasteiger partial charge in [-0.2, -0.15) is 0 Å². The number of oxime groups is 1. The minimum absolute atomic E-state index is 0.0155. The Morgan fingerprint density at radius 3 is 2.53 bits per heavy atom. The van der Waals surface area contributed by atoms with Crippen LogP contribution in [0.5, 0.6) is 5.75 Å². The number of halogens is 4. The Labute approximate surface area is 215 Å². The van der Waals surface area contributed by atoms with E-state index in [9.17, 15) is 13.2 Å². The van der Waals surface area contributed by atoms with Crippen LogP contribution < -0.4 is 15.4 Å². The second kappa shape index (κ2) is 10.5. The highest BCUT2D eigenvalue weighted by Crippen LogP contribution is 2.46. The lowest BCUT2D eigenvalue weighted by molar-refractivity contribution is -0.274. The Bertz CT molecular complexity index is 1290. The van der Waals surface area contributed by atoms with Gasteiger partial charge in [0.15, 0.2) is 5.84 Å². The number of piperidine rings is 1. The summed E-state index contributed by atoms with van der Waals surface area (Å²) in [6.07, 6.45) is -4.73. The predicted octanol–water partition coefficient (Wildman–Crippen LogP) is 5.35. The van der Waals surface area contributed by atoms with Gasteiger partial charge in [0.2, 0.25) is 0 Å². The van der Waals surface area contributed by atoms with E-state index in [4.69, 9.17) is 20.2 Å². The normalized spacial score (nSPS) is 20.5. The Balaban J connectivity index is 1.29. The summed E-state index contributed by atoms with van der Waals surface area (Å²) in [5.74, 6) is 0.256. The van der Waals surface area contributed by atoms with Gasteiger partial charge in [0.05, 0.1) is 19.3 Å². The molecule has 12 heteroatoms. The number of aromatic nitrogens is 1. The Morgan fingerprint density at radius 2 is 1.87 bits per heavy atom. The van der Waals surface area contributed by atoms with E-state index in [2.05, 4.69) is 15.0 Å². The van der Waals surface area contributed by atoms with Crippen molar-refractivity contribution in [2.75, 3.05) is 18.0 Å². The second-order valence-electron chi connectivity index (χ2n) is 9.32. The highest BCUT2D eigenvalue weighted by atomic mass is 19.4. The number of benzene rings is 2. The molecule has 0 radical (unpaired) electrons. The molecule has 0 unspecified atom stereocenters. The van der Waals surface area contributed by atoms with Gasteiger partial charge in [-0.25, -0.2) is 4.39 Å². The molecule has 2 fully saturated rings. The third-order valence-electron chi connectivity index (χ3n) is 6.69. The van der Waals surface area contributed by atoms with Crippen molar-refractivity contribution in [2.45, 2.75) is 50.4 Å². The van der Waals surface area contributed by atoms with E-state index >= 15 is 4.39 Å². The third kappa shape index (κ3) is 5.69. The van der Waals surface area contributed by atoms with E-state index in [1.54, 1.807) is 30.3 Å². The molecule has 202 valence electrons. The lowest BCUT2D eigenvalue weighted by Gasteiger charge is -2.36. The van der Waals surface area contributed by atoms with Gasteiger partial charge in [-0.15, -0.1) is 13.2 Å². The highest BCUT2D eigenvalue weighted by molar-refractivity contribution is 5.97. The van der Waals surface area contributed by atoms with Gasteiger partial charge in [-0.1, -0.05) is 22.4 Å². The lowest BCUT2D eigenvalue weighted by Crippen LogP contribution is -2.45. The molecule has 38 heavy (non-hydrogen) atoms. The van der Waals surface area contributed by atoms with Crippen LogP contribution in [0.4, 0.5) is 23.2 Å². The van der Waals surface area contributed by atoms with Crippen LogP contribution >= 0.6 is 0 Å². The molecule has 0 amide bonds. The van der Waals surface area contributed by atoms with E-state index < -0.39 is 24.4 Å². The first-order valence-corrected chi connectivity index (χ1v) is 12.2. The van der Waals surface area contributed by atoms with Gasteiger partial charge >= 0.3 is 6.36 Å². The summed E-state index contributed by atoms with van der Waals surface area (Å²) in [5.41, 5.74) is 7.77. The fraction of sp³-hybridized carbons (Fsp3) is 0.385. The van der Waals surface area contributed by atoms with E-state index in [-0.39, 0.29) is 36.2 Å². The number of nitrogens with zero attached hydrogens (tertiary/aromatic N) is 3. The van der Waals surface area contributed by atoms with Crippen LogP contribution in [0, 0.1) is 0 Å². The molecule has 1 saturated carbocycles. The van der Waals surface area contributed by atoms with Crippen molar-refractivity contribution in [2.24, 2.45) is 10.9 Å². The van der Waals surface area contributed by atoms with Crippen LogP contribution in [0.1, 0.15) is 42.1 Å². The summed E-state index contributed by atoms with van der Waals surface area (Å²) in [5, 5.41) is 15.8. The summed E-state index contributed by atoms with van der Waals surface area (Å²) < 4.78 is 69.9. The molecular formula is C26H26F4N4O4. The zero-order valence-electron chi connectivity index (χ0n) is 20.2. The first-order chi connectivity index (χ1) is 18.2. The minimum atomic E-state index is -4.87. The molecule has 1 aromatic heterocycles. The molecule has 1 saturated heterocycles. The molecule has 0 spiro atoms. The average Bonchev–Trinajstić information content (AvgIpc) is 3.66. The molecule has 8 nitrogen and oxygen atoms in total. The van der Waals surface area contributed by atoms with Gasteiger partial charge in [0.1, 0.15) is 23.4 Å². The van der Waals surface area contributed by atoms with Crippen LogP contribution in [0.25, 0.3) is 11.3 Å². The standard InChI is InChI=1S/C26H26F4N4O4/c27-20-13-34(17-9-7-16(8-10-17)25(31)32-35)12-11-22(20)36-14-19-23(33-38-24(19)15-5-6-15)18-3-1-2-4-21(18)37-26(28,29)30/h1-4,7-10,15,20,22,35H,5-6,11-14H2,(H2,31,32)/t20-,22-/m0/s1. The van der Waals surface area contributed by atoms with Crippen LogP contribution in [-0.4, -0.2) is 47.9 Å².